The highest BCUT2D eigenvalue weighted by molar-refractivity contribution is 7.46. The molecule has 4 atom stereocenters. The molecule has 3 aliphatic rings. The number of nitrogens with zero attached hydrogens (tertiary/aromatic N) is 5. The van der Waals surface area contributed by atoms with Crippen LogP contribution in [-0.4, -0.2) is 241 Å². The molecule has 6 aromatic rings. The molecule has 0 aliphatic carbocycles. The van der Waals surface area contributed by atoms with Gasteiger partial charge in [0.15, 0.2) is 0 Å². The summed E-state index contributed by atoms with van der Waals surface area (Å²) >= 11 is 14.1. The first kappa shape index (κ1) is 85.6. The second-order valence-electron chi connectivity index (χ2n) is 26.3. The molecule has 4 heterocycles. The van der Waals surface area contributed by atoms with E-state index in [1.54, 1.807) is 97.6 Å². The number of halogens is 2. The average Bonchev–Trinajstić information content (AvgIpc) is 1.61. The number of anilines is 3. The number of primary amides is 1. The highest BCUT2D eigenvalue weighted by Crippen LogP contribution is 2.50. The molecule has 8 N–H and O–H groups in total. The van der Waals surface area contributed by atoms with Gasteiger partial charge in [0.2, 0.25) is 17.7 Å². The van der Waals surface area contributed by atoms with Crippen LogP contribution in [0.15, 0.2) is 109 Å². The Kier molecular flexibility index (Phi) is 32.2. The van der Waals surface area contributed by atoms with Gasteiger partial charge in [-0.15, -0.1) is 34.5 Å². The first-order valence-electron chi connectivity index (χ1n) is 35.9. The number of nitrogens with one attached hydrogen (secondary N) is 4. The largest absolute Gasteiger partial charge is 0.524 e. The monoisotopic (exact) mass is 1620 g/mol. The van der Waals surface area contributed by atoms with E-state index in [2.05, 4.69) is 21.3 Å². The fraction of sp³-hybridized carbons (Fsp3) is 0.440. The summed E-state index contributed by atoms with van der Waals surface area (Å²) in [6.07, 6.45) is 1.24. The number of likely N-dealkylation sites (N-methyl/N-ethyl adjacent to an activating group) is 2. The number of urea groups is 1. The van der Waals surface area contributed by atoms with Gasteiger partial charge in [-0.05, 0) is 70.5 Å². The van der Waals surface area contributed by atoms with Crippen LogP contribution in [0.5, 0.6) is 11.5 Å². The maximum atomic E-state index is 14.7. The smallest absolute Gasteiger partial charge is 0.445 e. The normalized spacial score (nSPS) is 15.0. The Hall–Kier alpha value is -9.35. The van der Waals surface area contributed by atoms with Gasteiger partial charge in [-0.2, -0.15) is 0 Å². The zero-order valence-corrected chi connectivity index (χ0v) is 65.0. The number of phosphoric ester groups is 1. The van der Waals surface area contributed by atoms with Crippen LogP contribution in [0, 0.1) is 5.92 Å². The van der Waals surface area contributed by atoms with Crippen molar-refractivity contribution in [2.75, 3.05) is 160 Å². The van der Waals surface area contributed by atoms with Crippen molar-refractivity contribution >= 4 is 141 Å². The van der Waals surface area contributed by atoms with Gasteiger partial charge in [-0.3, -0.25) is 48.2 Å². The summed E-state index contributed by atoms with van der Waals surface area (Å²) in [4.78, 5) is 158. The lowest BCUT2D eigenvalue weighted by Gasteiger charge is -2.25. The molecular formula is C75H91Cl2N10O22PS. The zero-order valence-electron chi connectivity index (χ0n) is 61.7. The van der Waals surface area contributed by atoms with Crippen molar-refractivity contribution in [3.63, 3.8) is 0 Å². The fourth-order valence-electron chi connectivity index (χ4n) is 12.4. The third kappa shape index (κ3) is 24.1. The fourth-order valence-corrected chi connectivity index (χ4v) is 14.2. The molecule has 11 amide bonds. The third-order valence-corrected chi connectivity index (χ3v) is 20.3. The molecule has 9 rings (SSSR count). The predicted molar refractivity (Wildman–Crippen MR) is 413 cm³/mol. The van der Waals surface area contributed by atoms with Crippen LogP contribution in [0.25, 0.3) is 21.5 Å². The lowest BCUT2D eigenvalue weighted by Crippen LogP contribution is -2.54. The van der Waals surface area contributed by atoms with Crippen molar-refractivity contribution in [2.45, 2.75) is 63.6 Å². The summed E-state index contributed by atoms with van der Waals surface area (Å²) in [6, 6.07) is 23.8. The molecule has 5 aromatic carbocycles. The molecule has 111 heavy (non-hydrogen) atoms. The minimum atomic E-state index is -5.01. The molecule has 0 radical (unpaired) electrons. The van der Waals surface area contributed by atoms with E-state index in [0.717, 1.165) is 27.4 Å². The standard InChI is InChI=1S/C75H91Cl2N10O22PS/c1-47(2)68(82-63(88)23-28-101-30-32-103-34-36-105-38-39-106-37-35-104-33-31-102-29-27-85-64(89)21-22-65(85)90)70(92)81-56(14-9-24-79-73(78)95)69(91)80-51-17-15-48(16-18-51)46-107-74(96)83(3)25-26-84(4)75(97)108-59-40-57-66(54-12-7-5-10-52(54)59)49(42-76)44-86(57)71(93)61-19-20-62(111-61)72(94)87-45-50(43-77)67-55-13-8-6-11-53(55)60(41-58(67)87)109-110(98,99)100/h5-8,10-13,15-22,40-41,47,49-50,56,68H,9,14,23-39,42-46H2,1-4H3,(H,80,91)(H,81,92)(H,82,88)(H3,78,79,95)(H2,98,99,100)/t49-,50-,56?,68+/m1/s1. The Labute approximate surface area is 654 Å². The Morgan fingerprint density at radius 2 is 1.10 bits per heavy atom. The second-order valence-corrected chi connectivity index (χ2v) is 29.2. The van der Waals surface area contributed by atoms with E-state index in [0.29, 0.717) is 97.0 Å². The summed E-state index contributed by atoms with van der Waals surface area (Å²) in [5, 5.41) is 13.1. The Bertz CT molecular complexity index is 4360. The molecule has 3 aliphatic heterocycles. The maximum Gasteiger partial charge on any atom is 0.524 e. The summed E-state index contributed by atoms with van der Waals surface area (Å²) in [6.45, 7) is 7.38. The molecular weight excluding hydrogens is 1530 g/mol. The molecule has 0 bridgehead atoms. The summed E-state index contributed by atoms with van der Waals surface area (Å²) in [5.74, 6) is -4.01. The number of carbonyl (C=O) groups is 10. The summed E-state index contributed by atoms with van der Waals surface area (Å²) < 4.78 is 61.8. The minimum absolute atomic E-state index is 0.00812. The SMILES string of the molecule is CC(C)[C@H](NC(=O)CCOCCOCCOCCOCCOCCOCCN1C(=O)C=CC1=O)C(=O)NC(CCCNC(N)=O)C(=O)Nc1ccc(COC(=O)N(C)CCN(C)C(=O)Oc2cc3c(c4ccccc24)[C@H](CCl)CN3C(=O)c2ccc(C(=O)N3C[C@@H](CCl)c4c3cc(OP(=O)(O)O)c3ccccc43)s2)cc1. The number of rotatable bonds is 43. The van der Waals surface area contributed by atoms with Crippen molar-refractivity contribution in [3.05, 3.63) is 136 Å². The number of phosphoric acid groups is 1. The molecule has 0 saturated heterocycles. The van der Waals surface area contributed by atoms with Gasteiger partial charge in [-0.1, -0.05) is 74.5 Å². The van der Waals surface area contributed by atoms with Crippen LogP contribution in [0.2, 0.25) is 0 Å². The van der Waals surface area contributed by atoms with Crippen molar-refractivity contribution < 1.29 is 105 Å². The van der Waals surface area contributed by atoms with Crippen LogP contribution >= 0.6 is 42.4 Å². The number of alkyl halides is 2. The Morgan fingerprint density at radius 1 is 0.622 bits per heavy atom. The van der Waals surface area contributed by atoms with Gasteiger partial charge in [-0.25, -0.2) is 18.9 Å². The van der Waals surface area contributed by atoms with Gasteiger partial charge in [0.25, 0.3) is 23.6 Å². The first-order chi connectivity index (χ1) is 53.3. The van der Waals surface area contributed by atoms with E-state index in [1.165, 1.54) is 47.0 Å². The van der Waals surface area contributed by atoms with Crippen molar-refractivity contribution in [1.82, 2.24) is 30.7 Å². The van der Waals surface area contributed by atoms with Gasteiger partial charge in [0.05, 0.1) is 107 Å². The number of carbonyl (C=O) groups excluding carboxylic acids is 10. The number of fused-ring (bicyclic) bond motifs is 6. The molecule has 1 unspecified atom stereocenters. The van der Waals surface area contributed by atoms with Crippen LogP contribution in [0.4, 0.5) is 31.4 Å². The molecule has 598 valence electrons. The number of imide groups is 1. The quantitative estimate of drug-likeness (QED) is 0.00837. The number of benzene rings is 5. The number of hydrogen-bond donors (Lipinski definition) is 7. The van der Waals surface area contributed by atoms with Gasteiger partial charge >= 0.3 is 26.0 Å². The van der Waals surface area contributed by atoms with Crippen molar-refractivity contribution in [3.8, 4) is 11.5 Å². The summed E-state index contributed by atoms with van der Waals surface area (Å²) in [7, 11) is -2.02. The van der Waals surface area contributed by atoms with Crippen LogP contribution in [0.3, 0.4) is 0 Å². The zero-order chi connectivity index (χ0) is 79.7. The van der Waals surface area contributed by atoms with E-state index in [9.17, 15) is 62.3 Å². The lowest BCUT2D eigenvalue weighted by molar-refractivity contribution is -0.137. The number of thiophene rings is 1. The Morgan fingerprint density at radius 3 is 1.59 bits per heavy atom. The topological polar surface area (TPSA) is 402 Å². The highest BCUT2D eigenvalue weighted by Gasteiger charge is 2.40. The molecule has 0 saturated carbocycles. The minimum Gasteiger partial charge on any atom is -0.445 e. The van der Waals surface area contributed by atoms with Crippen LogP contribution in [0.1, 0.15) is 81.0 Å². The Balaban J connectivity index is 0.689. The van der Waals surface area contributed by atoms with Crippen LogP contribution in [-0.2, 0) is 68.3 Å². The molecule has 0 fully saturated rings. The van der Waals surface area contributed by atoms with E-state index < -0.39 is 73.6 Å². The average molecular weight is 1620 g/mol. The van der Waals surface area contributed by atoms with Crippen molar-refractivity contribution in [1.29, 1.82) is 0 Å². The third-order valence-electron chi connectivity index (χ3n) is 18.1. The molecule has 32 nitrogen and oxygen atoms in total. The maximum absolute atomic E-state index is 14.7. The number of amides is 11. The summed E-state index contributed by atoms with van der Waals surface area (Å²) in [5.41, 5.74) is 8.46. The molecule has 36 heteroatoms. The van der Waals surface area contributed by atoms with E-state index >= 15 is 0 Å². The van der Waals surface area contributed by atoms with E-state index in [4.69, 9.17) is 71.4 Å². The van der Waals surface area contributed by atoms with Gasteiger partial charge < -0.3 is 89.0 Å². The predicted octanol–water partition coefficient (Wildman–Crippen LogP) is 7.62. The first-order valence-corrected chi connectivity index (χ1v) is 39.3. The highest BCUT2D eigenvalue weighted by atomic mass is 35.5. The second kappa shape index (κ2) is 41.8. The van der Waals surface area contributed by atoms with Crippen molar-refractivity contribution in [2.24, 2.45) is 11.7 Å². The van der Waals surface area contributed by atoms with Gasteiger partial charge in [0, 0.05) is 118 Å². The van der Waals surface area contributed by atoms with Crippen LogP contribution < -0.4 is 46.1 Å². The number of hydrogen-bond acceptors (Lipinski definition) is 21. The molecule has 0 spiro atoms. The number of nitrogens with two attached hydrogens (primary N) is 1. The van der Waals surface area contributed by atoms with E-state index in [1.807, 2.05) is 12.1 Å². The van der Waals surface area contributed by atoms with E-state index in [-0.39, 0.29) is 148 Å². The number of ether oxygens (including phenoxy) is 8. The molecule has 1 aromatic heterocycles. The van der Waals surface area contributed by atoms with Gasteiger partial charge in [0.1, 0.15) is 30.2 Å². The lowest BCUT2D eigenvalue weighted by atomic mass is 9.95.